The van der Waals surface area contributed by atoms with E-state index in [-0.39, 0.29) is 27.3 Å². The van der Waals surface area contributed by atoms with Crippen LogP contribution in [0.2, 0.25) is 0 Å². The summed E-state index contributed by atoms with van der Waals surface area (Å²) in [6.07, 6.45) is 2.28. The number of hydrogen-bond acceptors (Lipinski definition) is 0. The molecule has 1 heteroatoms. The van der Waals surface area contributed by atoms with E-state index in [1.165, 1.54) is 6.42 Å². The first kappa shape index (κ1) is 9.33. The van der Waals surface area contributed by atoms with Gasteiger partial charge in [-0.2, -0.15) is 6.42 Å². The van der Waals surface area contributed by atoms with Crippen LogP contribution < -0.4 is 0 Å². The maximum Gasteiger partial charge on any atom is 0 e. The van der Waals surface area contributed by atoms with Crippen LogP contribution in [0.3, 0.4) is 0 Å². The van der Waals surface area contributed by atoms with Gasteiger partial charge < -0.3 is 6.92 Å². The van der Waals surface area contributed by atoms with Gasteiger partial charge in [-0.3, -0.25) is 0 Å². The summed E-state index contributed by atoms with van der Waals surface area (Å²) in [7, 11) is 0. The molecule has 0 radical (unpaired) electrons. The molecule has 0 aromatic heterocycles. The maximum atomic E-state index is 3.60. The minimum absolute atomic E-state index is 0. The zero-order valence-electron chi connectivity index (χ0n) is 3.83. The summed E-state index contributed by atoms with van der Waals surface area (Å²) in [6.45, 7) is 5.72. The predicted molar refractivity (Wildman–Crippen MR) is 20.3 cm³/mol. The van der Waals surface area contributed by atoms with Gasteiger partial charge in [0.1, 0.15) is 0 Å². The van der Waals surface area contributed by atoms with E-state index in [1.54, 1.807) is 0 Å². The van der Waals surface area contributed by atoms with Crippen molar-refractivity contribution in [3.05, 3.63) is 6.92 Å². The Kier molecular flexibility index (Phi) is 16.5. The van der Waals surface area contributed by atoms with Crippen molar-refractivity contribution in [3.63, 3.8) is 0 Å². The molecule has 0 spiro atoms. The minimum Gasteiger partial charge on any atom is -0.343 e. The van der Waals surface area contributed by atoms with E-state index < -0.39 is 0 Å². The van der Waals surface area contributed by atoms with Crippen LogP contribution in [0.25, 0.3) is 0 Å². The number of unbranched alkanes of at least 4 members (excludes halogenated alkanes) is 1. The summed E-state index contributed by atoms with van der Waals surface area (Å²) in [6, 6.07) is 0. The van der Waals surface area contributed by atoms with Crippen LogP contribution in [0.1, 0.15) is 19.8 Å². The fourth-order valence-electron chi connectivity index (χ4n) is 0. The van der Waals surface area contributed by atoms with Crippen LogP contribution in [-0.4, -0.2) is 0 Å². The zero-order valence-corrected chi connectivity index (χ0v) is 7.86. The molecule has 0 bridgehead atoms. The molecular formula is C4H9Cd-. The molecule has 0 amide bonds. The van der Waals surface area contributed by atoms with Crippen LogP contribution in [0.15, 0.2) is 0 Å². The zero-order chi connectivity index (χ0) is 3.41. The number of rotatable bonds is 1. The van der Waals surface area contributed by atoms with Crippen molar-refractivity contribution in [1.82, 2.24) is 0 Å². The van der Waals surface area contributed by atoms with Crippen molar-refractivity contribution in [1.29, 1.82) is 0 Å². The van der Waals surface area contributed by atoms with Gasteiger partial charge in [-0.25, -0.2) is 0 Å². The predicted octanol–water partition coefficient (Wildman–Crippen LogP) is 1.62. The van der Waals surface area contributed by atoms with E-state index in [0.29, 0.717) is 0 Å². The molecule has 0 saturated carbocycles. The van der Waals surface area contributed by atoms with E-state index >= 15 is 0 Å². The van der Waals surface area contributed by atoms with Crippen LogP contribution in [-0.2, 0) is 27.3 Å². The molecule has 0 saturated heterocycles. The van der Waals surface area contributed by atoms with Gasteiger partial charge in [-0.05, 0) is 0 Å². The van der Waals surface area contributed by atoms with Crippen molar-refractivity contribution in [3.8, 4) is 0 Å². The second kappa shape index (κ2) is 8.87. The largest absolute Gasteiger partial charge is 0.343 e. The standard InChI is InChI=1S/C4H9.Cd/c1-3-4-2;/h1,3-4H2,2H3;/q-1;. The summed E-state index contributed by atoms with van der Waals surface area (Å²) in [5.41, 5.74) is 0. The van der Waals surface area contributed by atoms with E-state index in [1.807, 2.05) is 0 Å². The van der Waals surface area contributed by atoms with Crippen LogP contribution in [0.5, 0.6) is 0 Å². The molecule has 0 atom stereocenters. The summed E-state index contributed by atoms with van der Waals surface area (Å²) < 4.78 is 0. The summed E-state index contributed by atoms with van der Waals surface area (Å²) in [5, 5.41) is 0. The Labute approximate surface area is 54.1 Å². The van der Waals surface area contributed by atoms with Gasteiger partial charge >= 0.3 is 0 Å². The molecule has 0 heterocycles. The Hall–Kier alpha value is 0.922. The molecule has 0 rings (SSSR count). The Morgan fingerprint density at radius 3 is 1.80 bits per heavy atom. The fourth-order valence-corrected chi connectivity index (χ4v) is 0. The molecule has 0 aromatic carbocycles. The van der Waals surface area contributed by atoms with Gasteiger partial charge in [0.25, 0.3) is 0 Å². The van der Waals surface area contributed by atoms with Crippen LogP contribution in [0.4, 0.5) is 0 Å². The molecule has 0 N–H and O–H groups in total. The summed E-state index contributed by atoms with van der Waals surface area (Å²) in [4.78, 5) is 0. The SMILES string of the molecule is [CH2-]CCC.[Cd]. The number of hydrogen-bond donors (Lipinski definition) is 0. The molecule has 0 fully saturated rings. The first-order chi connectivity index (χ1) is 1.91. The Balaban J connectivity index is 0. The van der Waals surface area contributed by atoms with Gasteiger partial charge in [0.2, 0.25) is 0 Å². The fraction of sp³-hybridized carbons (Fsp3) is 0.750. The topological polar surface area (TPSA) is 0 Å². The van der Waals surface area contributed by atoms with Crippen LogP contribution in [0, 0.1) is 6.92 Å². The molecule has 28 valence electrons. The van der Waals surface area contributed by atoms with E-state index in [0.717, 1.165) is 6.42 Å². The maximum absolute atomic E-state index is 3.60. The van der Waals surface area contributed by atoms with Crippen molar-refractivity contribution in [2.45, 2.75) is 19.8 Å². The molecule has 0 nitrogen and oxygen atoms in total. The smallest absolute Gasteiger partial charge is 0 e. The monoisotopic (exact) mass is 171 g/mol. The van der Waals surface area contributed by atoms with Gasteiger partial charge in [0.15, 0.2) is 0 Å². The Morgan fingerprint density at radius 2 is 1.80 bits per heavy atom. The summed E-state index contributed by atoms with van der Waals surface area (Å²) in [5.74, 6) is 0. The Morgan fingerprint density at radius 1 is 1.60 bits per heavy atom. The molecule has 0 aromatic rings. The summed E-state index contributed by atoms with van der Waals surface area (Å²) >= 11 is 0. The normalized spacial score (nSPS) is 6.00. The van der Waals surface area contributed by atoms with Crippen molar-refractivity contribution >= 4 is 0 Å². The van der Waals surface area contributed by atoms with Gasteiger partial charge in [-0.1, -0.05) is 13.3 Å². The first-order valence-corrected chi connectivity index (χ1v) is 1.71. The van der Waals surface area contributed by atoms with E-state index in [4.69, 9.17) is 0 Å². The third-order valence-corrected chi connectivity index (χ3v) is 0.354. The average Bonchev–Trinajstić information content (AvgIpc) is 1.37. The van der Waals surface area contributed by atoms with Crippen LogP contribution >= 0.6 is 0 Å². The third-order valence-electron chi connectivity index (χ3n) is 0.354. The minimum atomic E-state index is 0. The molecule has 0 aliphatic rings. The Bertz CT molecular complexity index is 5.61. The van der Waals surface area contributed by atoms with Crippen molar-refractivity contribution in [2.75, 3.05) is 0 Å². The van der Waals surface area contributed by atoms with E-state index in [9.17, 15) is 0 Å². The average molecular weight is 170 g/mol. The van der Waals surface area contributed by atoms with E-state index in [2.05, 4.69) is 13.8 Å². The third kappa shape index (κ3) is 11.4. The first-order valence-electron chi connectivity index (χ1n) is 1.71. The molecule has 0 aliphatic carbocycles. The van der Waals surface area contributed by atoms with Gasteiger partial charge in [0, 0.05) is 27.3 Å². The molecule has 5 heavy (non-hydrogen) atoms. The second-order valence-corrected chi connectivity index (χ2v) is 0.854. The molecular weight excluding hydrogens is 160 g/mol. The van der Waals surface area contributed by atoms with Crippen molar-refractivity contribution in [2.24, 2.45) is 0 Å². The van der Waals surface area contributed by atoms with Crippen molar-refractivity contribution < 1.29 is 27.3 Å². The molecule has 0 unspecified atom stereocenters. The molecule has 0 aliphatic heterocycles. The van der Waals surface area contributed by atoms with Gasteiger partial charge in [-0.15, -0.1) is 0 Å². The quantitative estimate of drug-likeness (QED) is 0.413. The van der Waals surface area contributed by atoms with Gasteiger partial charge in [0.05, 0.1) is 0 Å². The second-order valence-electron chi connectivity index (χ2n) is 0.854.